The molecule has 2 N–H and O–H groups in total. The van der Waals surface area contributed by atoms with Gasteiger partial charge in [-0.3, -0.25) is 10.1 Å². The van der Waals surface area contributed by atoms with Crippen molar-refractivity contribution >= 4 is 28.1 Å². The van der Waals surface area contributed by atoms with Gasteiger partial charge in [0.1, 0.15) is 0 Å². The molecule has 142 valence electrons. The van der Waals surface area contributed by atoms with Crippen LogP contribution in [0.15, 0.2) is 41.0 Å². The molecule has 1 aromatic carbocycles. The van der Waals surface area contributed by atoms with Gasteiger partial charge in [0, 0.05) is 17.3 Å². The fourth-order valence-electron chi connectivity index (χ4n) is 2.60. The third-order valence-corrected chi connectivity index (χ3v) is 5.61. The molecule has 0 saturated carbocycles. The van der Waals surface area contributed by atoms with E-state index in [4.69, 9.17) is 4.42 Å². The lowest BCUT2D eigenvalue weighted by atomic mass is 10.00. The van der Waals surface area contributed by atoms with E-state index in [2.05, 4.69) is 41.6 Å². The third kappa shape index (κ3) is 4.54. The number of carbonyl (C=O) groups is 1. The van der Waals surface area contributed by atoms with Crippen molar-refractivity contribution in [2.75, 3.05) is 10.6 Å². The number of amides is 1. The highest BCUT2D eigenvalue weighted by atomic mass is 32.1. The van der Waals surface area contributed by atoms with Crippen LogP contribution in [0.25, 0.3) is 10.8 Å². The van der Waals surface area contributed by atoms with E-state index in [0.29, 0.717) is 33.4 Å². The molecular formula is C20H24N4O2S. The van der Waals surface area contributed by atoms with Crippen LogP contribution in [0.2, 0.25) is 0 Å². The molecule has 0 saturated heterocycles. The molecule has 3 aromatic rings. The smallest absolute Gasteiger partial charge is 0.257 e. The molecular weight excluding hydrogens is 360 g/mol. The first-order chi connectivity index (χ1) is 13.0. The first kappa shape index (κ1) is 19.1. The molecule has 0 aliphatic heterocycles. The van der Waals surface area contributed by atoms with Crippen LogP contribution in [0.5, 0.6) is 0 Å². The molecule has 2 heterocycles. The number of aromatic nitrogens is 2. The molecule has 0 bridgehead atoms. The summed E-state index contributed by atoms with van der Waals surface area (Å²) >= 11 is 1.27. The number of rotatable bonds is 7. The zero-order valence-electron chi connectivity index (χ0n) is 15.9. The number of aryl methyl sites for hydroxylation is 1. The first-order valence-corrected chi connectivity index (χ1v) is 9.85. The Morgan fingerprint density at radius 1 is 1.26 bits per heavy atom. The Balaban J connectivity index is 1.72. The number of benzene rings is 1. The Morgan fingerprint density at radius 3 is 2.78 bits per heavy atom. The minimum Gasteiger partial charge on any atom is -0.462 e. The predicted molar refractivity (Wildman–Crippen MR) is 109 cm³/mol. The van der Waals surface area contributed by atoms with Crippen LogP contribution in [-0.4, -0.2) is 22.1 Å². The van der Waals surface area contributed by atoms with Crippen LogP contribution in [-0.2, 0) is 0 Å². The standard InChI is InChI=1S/C20H24N4O2S/c1-5-12(2)14(4)21-16-11-15(9-8-13(16)3)18(25)22-20-24-23-19(27-20)17-7-6-10-26-17/h6-12,14,21H,5H2,1-4H3,(H,22,24,25). The van der Waals surface area contributed by atoms with E-state index < -0.39 is 0 Å². The fraction of sp³-hybridized carbons (Fsp3) is 0.350. The SMILES string of the molecule is CCC(C)C(C)Nc1cc(C(=O)Nc2nnc(-c3ccco3)s2)ccc1C. The lowest BCUT2D eigenvalue weighted by molar-refractivity contribution is 0.102. The van der Waals surface area contributed by atoms with E-state index in [1.54, 1.807) is 12.3 Å². The number of carbonyl (C=O) groups excluding carboxylic acids is 1. The maximum Gasteiger partial charge on any atom is 0.257 e. The molecule has 1 amide bonds. The van der Waals surface area contributed by atoms with Gasteiger partial charge in [-0.1, -0.05) is 37.7 Å². The van der Waals surface area contributed by atoms with Crippen molar-refractivity contribution in [1.82, 2.24) is 10.2 Å². The van der Waals surface area contributed by atoms with Crippen LogP contribution in [0.1, 0.15) is 43.1 Å². The van der Waals surface area contributed by atoms with Gasteiger partial charge in [0.2, 0.25) is 5.13 Å². The van der Waals surface area contributed by atoms with E-state index in [1.807, 2.05) is 31.2 Å². The van der Waals surface area contributed by atoms with Crippen LogP contribution < -0.4 is 10.6 Å². The molecule has 2 unspecified atom stereocenters. The number of hydrogen-bond donors (Lipinski definition) is 2. The Bertz CT molecular complexity index is 905. The van der Waals surface area contributed by atoms with Crippen LogP contribution in [0.3, 0.4) is 0 Å². The van der Waals surface area contributed by atoms with E-state index in [0.717, 1.165) is 17.7 Å². The number of anilines is 2. The second kappa shape index (κ2) is 8.35. The van der Waals surface area contributed by atoms with Gasteiger partial charge < -0.3 is 9.73 Å². The lowest BCUT2D eigenvalue weighted by Gasteiger charge is -2.22. The Hall–Kier alpha value is -2.67. The lowest BCUT2D eigenvalue weighted by Crippen LogP contribution is -2.24. The maximum absolute atomic E-state index is 12.6. The fourth-order valence-corrected chi connectivity index (χ4v) is 3.31. The summed E-state index contributed by atoms with van der Waals surface area (Å²) in [4.78, 5) is 12.6. The highest BCUT2D eigenvalue weighted by Crippen LogP contribution is 2.27. The normalized spacial score (nSPS) is 13.2. The zero-order chi connectivity index (χ0) is 19.4. The van der Waals surface area contributed by atoms with Crippen molar-refractivity contribution in [2.45, 2.75) is 40.2 Å². The largest absolute Gasteiger partial charge is 0.462 e. The summed E-state index contributed by atoms with van der Waals surface area (Å²) < 4.78 is 5.30. The van der Waals surface area contributed by atoms with Crippen LogP contribution in [0, 0.1) is 12.8 Å². The van der Waals surface area contributed by atoms with Gasteiger partial charge in [-0.05, 0) is 49.6 Å². The summed E-state index contributed by atoms with van der Waals surface area (Å²) in [7, 11) is 0. The predicted octanol–water partition coefficient (Wildman–Crippen LogP) is 5.21. The Kier molecular flexibility index (Phi) is 5.91. The molecule has 27 heavy (non-hydrogen) atoms. The second-order valence-corrected chi connectivity index (χ2v) is 7.67. The van der Waals surface area contributed by atoms with E-state index in [-0.39, 0.29) is 5.91 Å². The zero-order valence-corrected chi connectivity index (χ0v) is 16.8. The number of hydrogen-bond acceptors (Lipinski definition) is 6. The molecule has 3 rings (SSSR count). The summed E-state index contributed by atoms with van der Waals surface area (Å²) in [6.45, 7) is 8.60. The van der Waals surface area contributed by atoms with Gasteiger partial charge in [0.15, 0.2) is 10.8 Å². The molecule has 2 aromatic heterocycles. The summed E-state index contributed by atoms with van der Waals surface area (Å²) in [6.07, 6.45) is 2.68. The molecule has 0 spiro atoms. The molecule has 0 radical (unpaired) electrons. The minimum atomic E-state index is -0.212. The molecule has 7 heteroatoms. The van der Waals surface area contributed by atoms with Crippen molar-refractivity contribution < 1.29 is 9.21 Å². The Morgan fingerprint density at radius 2 is 2.07 bits per heavy atom. The molecule has 6 nitrogen and oxygen atoms in total. The van der Waals surface area contributed by atoms with E-state index in [9.17, 15) is 4.79 Å². The third-order valence-electron chi connectivity index (χ3n) is 4.76. The highest BCUT2D eigenvalue weighted by molar-refractivity contribution is 7.18. The summed E-state index contributed by atoms with van der Waals surface area (Å²) in [5.74, 6) is 0.966. The number of furan rings is 1. The average molecular weight is 385 g/mol. The number of nitrogens with one attached hydrogen (secondary N) is 2. The van der Waals surface area contributed by atoms with Crippen molar-refractivity contribution in [1.29, 1.82) is 0 Å². The van der Waals surface area contributed by atoms with Crippen molar-refractivity contribution in [3.05, 3.63) is 47.7 Å². The average Bonchev–Trinajstić information content (AvgIpc) is 3.34. The van der Waals surface area contributed by atoms with Gasteiger partial charge in [-0.15, -0.1) is 10.2 Å². The highest BCUT2D eigenvalue weighted by Gasteiger charge is 2.15. The molecule has 0 aliphatic rings. The second-order valence-electron chi connectivity index (χ2n) is 6.69. The van der Waals surface area contributed by atoms with Gasteiger partial charge in [-0.25, -0.2) is 0 Å². The summed E-state index contributed by atoms with van der Waals surface area (Å²) in [5.41, 5.74) is 2.66. The van der Waals surface area contributed by atoms with E-state index >= 15 is 0 Å². The monoisotopic (exact) mass is 384 g/mol. The minimum absolute atomic E-state index is 0.212. The van der Waals surface area contributed by atoms with E-state index in [1.165, 1.54) is 11.3 Å². The van der Waals surface area contributed by atoms with Gasteiger partial charge in [0.25, 0.3) is 5.91 Å². The van der Waals surface area contributed by atoms with Crippen molar-refractivity contribution in [3.63, 3.8) is 0 Å². The van der Waals surface area contributed by atoms with Crippen LogP contribution >= 0.6 is 11.3 Å². The first-order valence-electron chi connectivity index (χ1n) is 9.03. The Labute approximate surface area is 163 Å². The van der Waals surface area contributed by atoms with Crippen molar-refractivity contribution in [2.24, 2.45) is 5.92 Å². The summed E-state index contributed by atoms with van der Waals surface area (Å²) in [6, 6.07) is 9.58. The molecule has 0 aliphatic carbocycles. The van der Waals surface area contributed by atoms with Crippen LogP contribution in [0.4, 0.5) is 10.8 Å². The van der Waals surface area contributed by atoms with Gasteiger partial charge in [-0.2, -0.15) is 0 Å². The molecule has 0 fully saturated rings. The topological polar surface area (TPSA) is 80.0 Å². The quantitative estimate of drug-likeness (QED) is 0.585. The van der Waals surface area contributed by atoms with Crippen molar-refractivity contribution in [3.8, 4) is 10.8 Å². The van der Waals surface area contributed by atoms with Gasteiger partial charge >= 0.3 is 0 Å². The number of nitrogens with zero attached hydrogens (tertiary/aromatic N) is 2. The van der Waals surface area contributed by atoms with Gasteiger partial charge in [0.05, 0.1) is 6.26 Å². The summed E-state index contributed by atoms with van der Waals surface area (Å²) in [5, 5.41) is 15.5. The molecule has 2 atom stereocenters. The maximum atomic E-state index is 12.6.